The molecular weight excluding hydrogens is 344 g/mol. The molecule has 0 saturated heterocycles. The lowest BCUT2D eigenvalue weighted by atomic mass is 10.1. The molecule has 27 heavy (non-hydrogen) atoms. The largest absolute Gasteiger partial charge is 0.489 e. The molecule has 6 nitrogen and oxygen atoms in total. The number of oxime groups is 1. The maximum atomic E-state index is 10.5. The van der Waals surface area contributed by atoms with Crippen molar-refractivity contribution < 1.29 is 19.5 Å². The minimum absolute atomic E-state index is 0.464. The predicted molar refractivity (Wildman–Crippen MR) is 104 cm³/mol. The summed E-state index contributed by atoms with van der Waals surface area (Å²) in [6.07, 6.45) is 3.49. The lowest BCUT2D eigenvalue weighted by Gasteiger charge is -2.08. The van der Waals surface area contributed by atoms with E-state index in [4.69, 9.17) is 14.7 Å². The Balaban J connectivity index is 1.80. The summed E-state index contributed by atoms with van der Waals surface area (Å²) >= 11 is 0. The van der Waals surface area contributed by atoms with Crippen LogP contribution in [0.15, 0.2) is 53.8 Å². The number of nitrogens with zero attached hydrogens (tertiary/aromatic N) is 2. The van der Waals surface area contributed by atoms with Crippen molar-refractivity contribution in [3.05, 3.63) is 65.4 Å². The monoisotopic (exact) mass is 366 g/mol. The Morgan fingerprint density at radius 3 is 2.70 bits per heavy atom. The standard InChI is InChI=1S/C21H22N2O4/c1-3-23-12-17(11-22-27-14-21(24)25)19-10-18(8-9-20(19)23)26-13-16-6-4-15(2)5-7-16/h4-12H,3,13-14H2,1-2H3,(H,24,25)/b22-11+. The molecule has 1 N–H and O–H groups in total. The van der Waals surface area contributed by atoms with Crippen LogP contribution in [0.1, 0.15) is 23.6 Å². The summed E-state index contributed by atoms with van der Waals surface area (Å²) in [5.41, 5.74) is 4.23. The fraction of sp³-hybridized carbons (Fsp3) is 0.238. The molecule has 0 spiro atoms. The van der Waals surface area contributed by atoms with Crippen LogP contribution in [0.5, 0.6) is 5.75 Å². The first-order chi connectivity index (χ1) is 13.1. The van der Waals surface area contributed by atoms with Gasteiger partial charge in [-0.25, -0.2) is 4.79 Å². The first-order valence-corrected chi connectivity index (χ1v) is 8.75. The van der Waals surface area contributed by atoms with E-state index in [1.54, 1.807) is 0 Å². The van der Waals surface area contributed by atoms with E-state index in [2.05, 4.69) is 47.8 Å². The maximum absolute atomic E-state index is 10.5. The second kappa shape index (κ2) is 8.40. The van der Waals surface area contributed by atoms with E-state index >= 15 is 0 Å². The van der Waals surface area contributed by atoms with E-state index < -0.39 is 12.6 Å². The summed E-state index contributed by atoms with van der Waals surface area (Å²) in [6.45, 7) is 4.95. The minimum atomic E-state index is -1.06. The zero-order chi connectivity index (χ0) is 19.2. The highest BCUT2D eigenvalue weighted by Crippen LogP contribution is 2.26. The second-order valence-electron chi connectivity index (χ2n) is 6.23. The zero-order valence-corrected chi connectivity index (χ0v) is 15.4. The Hall–Kier alpha value is -3.28. The van der Waals surface area contributed by atoms with Crippen LogP contribution in [0.3, 0.4) is 0 Å². The van der Waals surface area contributed by atoms with Gasteiger partial charge in [0.2, 0.25) is 6.61 Å². The third-order valence-corrected chi connectivity index (χ3v) is 4.20. The summed E-state index contributed by atoms with van der Waals surface area (Å²) in [7, 11) is 0. The van der Waals surface area contributed by atoms with Gasteiger partial charge in [-0.15, -0.1) is 0 Å². The molecule has 0 radical (unpaired) electrons. The molecule has 6 heteroatoms. The molecule has 1 heterocycles. The van der Waals surface area contributed by atoms with Gasteiger partial charge in [-0.2, -0.15) is 0 Å². The van der Waals surface area contributed by atoms with Gasteiger partial charge in [-0.1, -0.05) is 35.0 Å². The molecule has 0 aliphatic rings. The van der Waals surface area contributed by atoms with Crippen LogP contribution in [-0.2, 0) is 22.8 Å². The molecular formula is C21H22N2O4. The van der Waals surface area contributed by atoms with Crippen molar-refractivity contribution in [1.29, 1.82) is 0 Å². The van der Waals surface area contributed by atoms with Crippen LogP contribution in [0.2, 0.25) is 0 Å². The van der Waals surface area contributed by atoms with Crippen molar-refractivity contribution in [3.8, 4) is 5.75 Å². The smallest absolute Gasteiger partial charge is 0.344 e. The van der Waals surface area contributed by atoms with E-state index in [1.165, 1.54) is 11.8 Å². The zero-order valence-electron chi connectivity index (χ0n) is 15.4. The lowest BCUT2D eigenvalue weighted by molar-refractivity contribution is -0.142. The molecule has 3 rings (SSSR count). The molecule has 3 aromatic rings. The van der Waals surface area contributed by atoms with Gasteiger partial charge < -0.3 is 19.2 Å². The number of carboxylic acids is 1. The van der Waals surface area contributed by atoms with E-state index in [1.807, 2.05) is 24.4 Å². The second-order valence-corrected chi connectivity index (χ2v) is 6.23. The van der Waals surface area contributed by atoms with E-state index in [0.29, 0.717) is 6.61 Å². The minimum Gasteiger partial charge on any atom is -0.489 e. The number of carboxylic acid groups (broad SMARTS) is 1. The number of hydrogen-bond acceptors (Lipinski definition) is 4. The normalized spacial score (nSPS) is 11.2. The Labute approximate surface area is 157 Å². The average Bonchev–Trinajstić information content (AvgIpc) is 3.02. The fourth-order valence-electron chi connectivity index (χ4n) is 2.80. The Morgan fingerprint density at radius 1 is 1.22 bits per heavy atom. The number of aryl methyl sites for hydroxylation is 2. The van der Waals surface area contributed by atoms with Crippen LogP contribution >= 0.6 is 0 Å². The fourth-order valence-corrected chi connectivity index (χ4v) is 2.80. The van der Waals surface area contributed by atoms with Gasteiger partial charge in [-0.05, 0) is 37.6 Å². The first kappa shape index (κ1) is 18.5. The summed E-state index contributed by atoms with van der Waals surface area (Å²) in [4.78, 5) is 15.3. The molecule has 140 valence electrons. The molecule has 0 aliphatic heterocycles. The van der Waals surface area contributed by atoms with Gasteiger partial charge in [0, 0.05) is 29.2 Å². The van der Waals surface area contributed by atoms with Crippen molar-refractivity contribution in [3.63, 3.8) is 0 Å². The summed E-state index contributed by atoms with van der Waals surface area (Å²) < 4.78 is 8.03. The van der Waals surface area contributed by atoms with Crippen LogP contribution in [0.25, 0.3) is 10.9 Å². The van der Waals surface area contributed by atoms with Gasteiger partial charge in [0.1, 0.15) is 12.4 Å². The van der Waals surface area contributed by atoms with Crippen LogP contribution in [0.4, 0.5) is 0 Å². The topological polar surface area (TPSA) is 73.1 Å². The van der Waals surface area contributed by atoms with Gasteiger partial charge in [0.25, 0.3) is 0 Å². The Kier molecular flexibility index (Phi) is 5.76. The molecule has 0 amide bonds. The number of carbonyl (C=O) groups is 1. The van der Waals surface area contributed by atoms with Crippen LogP contribution in [0, 0.1) is 6.92 Å². The number of aliphatic carboxylic acids is 1. The number of aromatic nitrogens is 1. The third kappa shape index (κ3) is 4.67. The lowest BCUT2D eigenvalue weighted by Crippen LogP contribution is -2.03. The maximum Gasteiger partial charge on any atom is 0.344 e. The molecule has 0 bridgehead atoms. The van der Waals surface area contributed by atoms with Crippen molar-refractivity contribution in [2.24, 2.45) is 5.16 Å². The van der Waals surface area contributed by atoms with Crippen molar-refractivity contribution in [1.82, 2.24) is 4.57 Å². The van der Waals surface area contributed by atoms with Gasteiger partial charge in [0.15, 0.2) is 0 Å². The quantitative estimate of drug-likeness (QED) is 0.483. The number of hydrogen-bond donors (Lipinski definition) is 1. The van der Waals surface area contributed by atoms with Crippen molar-refractivity contribution in [2.45, 2.75) is 27.0 Å². The molecule has 0 saturated carbocycles. The molecule has 0 atom stereocenters. The van der Waals surface area contributed by atoms with Gasteiger partial charge in [-0.3, -0.25) is 0 Å². The molecule has 0 fully saturated rings. The Morgan fingerprint density at radius 2 is 2.00 bits per heavy atom. The third-order valence-electron chi connectivity index (χ3n) is 4.20. The number of benzene rings is 2. The highest BCUT2D eigenvalue weighted by molar-refractivity contribution is 5.99. The predicted octanol–water partition coefficient (Wildman–Crippen LogP) is 3.98. The van der Waals surface area contributed by atoms with Crippen molar-refractivity contribution in [2.75, 3.05) is 6.61 Å². The van der Waals surface area contributed by atoms with Gasteiger partial charge in [0.05, 0.1) is 6.21 Å². The number of ether oxygens (including phenoxy) is 1. The van der Waals surface area contributed by atoms with Crippen LogP contribution < -0.4 is 4.74 Å². The molecule has 0 aliphatic carbocycles. The van der Waals surface area contributed by atoms with Crippen LogP contribution in [-0.4, -0.2) is 28.5 Å². The average molecular weight is 366 g/mol. The summed E-state index contributed by atoms with van der Waals surface area (Å²) in [5, 5.41) is 13.3. The number of fused-ring (bicyclic) bond motifs is 1. The number of rotatable bonds is 8. The SMILES string of the molecule is CCn1cc(/C=N/OCC(=O)O)c2cc(OCc3ccc(C)cc3)ccc21. The van der Waals surface area contributed by atoms with Gasteiger partial charge >= 0.3 is 5.97 Å². The highest BCUT2D eigenvalue weighted by atomic mass is 16.6. The molecule has 1 aromatic heterocycles. The van der Waals surface area contributed by atoms with E-state index in [-0.39, 0.29) is 0 Å². The van der Waals surface area contributed by atoms with E-state index in [0.717, 1.165) is 34.3 Å². The summed E-state index contributed by atoms with van der Waals surface area (Å²) in [6, 6.07) is 14.2. The molecule has 2 aromatic carbocycles. The Bertz CT molecular complexity index is 958. The van der Waals surface area contributed by atoms with Crippen molar-refractivity contribution >= 4 is 23.1 Å². The van der Waals surface area contributed by atoms with E-state index in [9.17, 15) is 4.79 Å². The highest BCUT2D eigenvalue weighted by Gasteiger charge is 2.08. The molecule has 0 unspecified atom stereocenters. The first-order valence-electron chi connectivity index (χ1n) is 8.75. The summed E-state index contributed by atoms with van der Waals surface area (Å²) in [5.74, 6) is -0.298.